The van der Waals surface area contributed by atoms with E-state index in [0.717, 1.165) is 31.9 Å². The number of hydrogen-bond acceptors (Lipinski definition) is 6. The molecule has 5 nitrogen and oxygen atoms in total. The fourth-order valence-corrected chi connectivity index (χ4v) is 4.47. The van der Waals surface area contributed by atoms with Crippen LogP contribution < -0.4 is 0 Å². The number of ether oxygens (including phenoxy) is 2. The fourth-order valence-electron chi connectivity index (χ4n) is 3.83. The van der Waals surface area contributed by atoms with Crippen LogP contribution in [-0.4, -0.2) is 46.8 Å². The molecule has 0 N–H and O–H groups in total. The van der Waals surface area contributed by atoms with Gasteiger partial charge in [0, 0.05) is 42.5 Å². The molecule has 24 heavy (non-hydrogen) atoms. The minimum atomic E-state index is 0.299. The molecule has 128 valence electrons. The third kappa shape index (κ3) is 3.67. The predicted molar refractivity (Wildman–Crippen MR) is 92.7 cm³/mol. The molecule has 1 saturated heterocycles. The van der Waals surface area contributed by atoms with E-state index in [2.05, 4.69) is 26.3 Å². The molecule has 2 aromatic heterocycles. The Morgan fingerprint density at radius 3 is 3.17 bits per heavy atom. The highest BCUT2D eigenvalue weighted by Crippen LogP contribution is 2.35. The molecule has 3 unspecified atom stereocenters. The van der Waals surface area contributed by atoms with Crippen molar-refractivity contribution >= 4 is 11.3 Å². The van der Waals surface area contributed by atoms with Gasteiger partial charge in [-0.1, -0.05) is 6.07 Å². The van der Waals surface area contributed by atoms with Crippen molar-refractivity contribution in [2.24, 2.45) is 5.92 Å². The number of rotatable bonds is 6. The Morgan fingerprint density at radius 1 is 1.33 bits per heavy atom. The normalized spacial score (nSPS) is 27.2. The van der Waals surface area contributed by atoms with Gasteiger partial charge in [-0.15, -0.1) is 11.3 Å². The Labute approximate surface area is 146 Å². The lowest BCUT2D eigenvalue weighted by atomic mass is 10.0. The summed E-state index contributed by atoms with van der Waals surface area (Å²) in [5, 5.41) is 3.25. The SMILES string of the molecule is c1cncc(COCC2CCC3C2OCCN3Cc2nccs2)c1. The van der Waals surface area contributed by atoms with Crippen molar-refractivity contribution in [3.63, 3.8) is 0 Å². The highest BCUT2D eigenvalue weighted by atomic mass is 32.1. The maximum atomic E-state index is 6.12. The molecule has 0 spiro atoms. The zero-order chi connectivity index (χ0) is 16.2. The van der Waals surface area contributed by atoms with Crippen molar-refractivity contribution in [2.45, 2.75) is 38.1 Å². The number of thiazole rings is 1. The first-order valence-corrected chi connectivity index (χ1v) is 9.49. The van der Waals surface area contributed by atoms with Crippen molar-refractivity contribution in [2.75, 3.05) is 19.8 Å². The number of nitrogens with zero attached hydrogens (tertiary/aromatic N) is 3. The van der Waals surface area contributed by atoms with Crippen LogP contribution in [0.15, 0.2) is 36.1 Å². The molecule has 6 heteroatoms. The van der Waals surface area contributed by atoms with Crippen molar-refractivity contribution < 1.29 is 9.47 Å². The van der Waals surface area contributed by atoms with Gasteiger partial charge < -0.3 is 9.47 Å². The average molecular weight is 345 g/mol. The van der Waals surface area contributed by atoms with Crippen LogP contribution >= 0.6 is 11.3 Å². The van der Waals surface area contributed by atoms with Crippen LogP contribution in [0.3, 0.4) is 0 Å². The summed E-state index contributed by atoms with van der Waals surface area (Å²) in [6.45, 7) is 4.16. The van der Waals surface area contributed by atoms with Crippen LogP contribution in [0.4, 0.5) is 0 Å². The lowest BCUT2D eigenvalue weighted by Crippen LogP contribution is -2.50. The van der Waals surface area contributed by atoms with Gasteiger partial charge in [0.15, 0.2) is 0 Å². The molecule has 0 radical (unpaired) electrons. The lowest BCUT2D eigenvalue weighted by Gasteiger charge is -2.38. The second-order valence-electron chi connectivity index (χ2n) is 6.51. The molecule has 1 saturated carbocycles. The first-order chi connectivity index (χ1) is 11.9. The highest BCUT2D eigenvalue weighted by Gasteiger charge is 2.42. The van der Waals surface area contributed by atoms with E-state index in [1.807, 2.05) is 18.5 Å². The van der Waals surface area contributed by atoms with E-state index in [-0.39, 0.29) is 0 Å². The summed E-state index contributed by atoms with van der Waals surface area (Å²) < 4.78 is 12.1. The number of hydrogen-bond donors (Lipinski definition) is 0. The molecule has 1 aliphatic carbocycles. The third-order valence-electron chi connectivity index (χ3n) is 4.98. The van der Waals surface area contributed by atoms with Crippen molar-refractivity contribution in [3.8, 4) is 0 Å². The minimum Gasteiger partial charge on any atom is -0.376 e. The van der Waals surface area contributed by atoms with Gasteiger partial charge in [0.1, 0.15) is 5.01 Å². The monoisotopic (exact) mass is 345 g/mol. The second-order valence-corrected chi connectivity index (χ2v) is 7.49. The van der Waals surface area contributed by atoms with Gasteiger partial charge in [-0.05, 0) is 24.5 Å². The van der Waals surface area contributed by atoms with E-state index in [1.54, 1.807) is 17.5 Å². The molecule has 3 heterocycles. The number of morpholine rings is 1. The van der Waals surface area contributed by atoms with Crippen molar-refractivity contribution in [3.05, 3.63) is 46.7 Å². The maximum Gasteiger partial charge on any atom is 0.107 e. The molecule has 0 aromatic carbocycles. The molecular formula is C18H23N3O2S. The van der Waals surface area contributed by atoms with Gasteiger partial charge in [-0.2, -0.15) is 0 Å². The van der Waals surface area contributed by atoms with Crippen molar-refractivity contribution in [1.82, 2.24) is 14.9 Å². The fraction of sp³-hybridized carbons (Fsp3) is 0.556. The smallest absolute Gasteiger partial charge is 0.107 e. The lowest BCUT2D eigenvalue weighted by molar-refractivity contribution is -0.0891. The van der Waals surface area contributed by atoms with E-state index >= 15 is 0 Å². The van der Waals surface area contributed by atoms with E-state index in [0.29, 0.717) is 24.7 Å². The van der Waals surface area contributed by atoms with Gasteiger partial charge >= 0.3 is 0 Å². The summed E-state index contributed by atoms with van der Waals surface area (Å²) in [4.78, 5) is 11.1. The largest absolute Gasteiger partial charge is 0.376 e. The first kappa shape index (κ1) is 16.1. The van der Waals surface area contributed by atoms with E-state index in [1.165, 1.54) is 17.8 Å². The standard InChI is InChI=1S/C18H23N3O2S/c1-2-14(10-19-5-1)12-22-13-15-3-4-16-18(15)23-8-7-21(16)11-17-20-6-9-24-17/h1-2,5-6,9-10,15-16,18H,3-4,7-8,11-13H2. The summed E-state index contributed by atoms with van der Waals surface area (Å²) in [5.74, 6) is 0.491. The topological polar surface area (TPSA) is 47.5 Å². The maximum absolute atomic E-state index is 6.12. The Balaban J connectivity index is 1.31. The molecule has 2 aromatic rings. The van der Waals surface area contributed by atoms with Crippen LogP contribution in [0, 0.1) is 5.92 Å². The van der Waals surface area contributed by atoms with Gasteiger partial charge in [-0.3, -0.25) is 9.88 Å². The molecule has 3 atom stereocenters. The van der Waals surface area contributed by atoms with Gasteiger partial charge in [0.2, 0.25) is 0 Å². The number of aromatic nitrogens is 2. The minimum absolute atomic E-state index is 0.299. The Morgan fingerprint density at radius 2 is 2.33 bits per heavy atom. The van der Waals surface area contributed by atoms with Gasteiger partial charge in [0.05, 0.1) is 32.5 Å². The van der Waals surface area contributed by atoms with E-state index in [4.69, 9.17) is 9.47 Å². The summed E-state index contributed by atoms with van der Waals surface area (Å²) in [5.41, 5.74) is 1.13. The first-order valence-electron chi connectivity index (χ1n) is 8.61. The van der Waals surface area contributed by atoms with Crippen LogP contribution in [0.25, 0.3) is 0 Å². The number of pyridine rings is 1. The van der Waals surface area contributed by atoms with Gasteiger partial charge in [0.25, 0.3) is 0 Å². The zero-order valence-electron chi connectivity index (χ0n) is 13.7. The summed E-state index contributed by atoms with van der Waals surface area (Å²) in [7, 11) is 0. The zero-order valence-corrected chi connectivity index (χ0v) is 14.5. The van der Waals surface area contributed by atoms with E-state index < -0.39 is 0 Å². The van der Waals surface area contributed by atoms with Crippen LogP contribution in [0.5, 0.6) is 0 Å². The third-order valence-corrected chi connectivity index (χ3v) is 5.74. The summed E-state index contributed by atoms with van der Waals surface area (Å²) >= 11 is 1.74. The van der Waals surface area contributed by atoms with Gasteiger partial charge in [-0.25, -0.2) is 4.98 Å². The molecule has 4 rings (SSSR count). The van der Waals surface area contributed by atoms with E-state index in [9.17, 15) is 0 Å². The molecule has 1 aliphatic heterocycles. The molecule has 0 amide bonds. The molecule has 0 bridgehead atoms. The molecular weight excluding hydrogens is 322 g/mol. The molecule has 2 aliphatic rings. The quantitative estimate of drug-likeness (QED) is 0.806. The number of fused-ring (bicyclic) bond motifs is 1. The van der Waals surface area contributed by atoms with Crippen LogP contribution in [0.2, 0.25) is 0 Å². The van der Waals surface area contributed by atoms with Crippen LogP contribution in [0.1, 0.15) is 23.4 Å². The van der Waals surface area contributed by atoms with Crippen molar-refractivity contribution in [1.29, 1.82) is 0 Å². The Bertz CT molecular complexity index is 622. The average Bonchev–Trinajstić information content (AvgIpc) is 3.27. The van der Waals surface area contributed by atoms with Crippen LogP contribution in [-0.2, 0) is 22.6 Å². The summed E-state index contributed by atoms with van der Waals surface area (Å²) in [6, 6.07) is 4.51. The summed E-state index contributed by atoms with van der Waals surface area (Å²) in [6.07, 6.45) is 8.21. The Hall–Kier alpha value is -1.34. The second kappa shape index (κ2) is 7.70. The molecule has 2 fully saturated rings. The predicted octanol–water partition coefficient (Wildman–Crippen LogP) is 2.73. The Kier molecular flexibility index (Phi) is 5.18. The highest BCUT2D eigenvalue weighted by molar-refractivity contribution is 7.09.